The van der Waals surface area contributed by atoms with Crippen molar-refractivity contribution in [2.75, 3.05) is 0 Å². The van der Waals surface area contributed by atoms with Gasteiger partial charge in [0.05, 0.1) is 0 Å². The molecule has 2 atom stereocenters. The molecule has 2 rings (SSSR count). The number of aromatic nitrogens is 1. The molecule has 5 heteroatoms. The first-order valence-corrected chi connectivity index (χ1v) is 8.28. The number of benzene rings is 1. The average molecular weight is 280 g/mol. The molecule has 0 spiro atoms. The van der Waals surface area contributed by atoms with Crippen molar-refractivity contribution in [1.29, 1.82) is 0 Å². The molecule has 2 aromatic rings. The molecule has 0 saturated heterocycles. The summed E-state index contributed by atoms with van der Waals surface area (Å²) in [6.45, 7) is 5.45. The van der Waals surface area contributed by atoms with Crippen molar-refractivity contribution in [2.24, 2.45) is 0 Å². The van der Waals surface area contributed by atoms with Crippen molar-refractivity contribution < 1.29 is 9.46 Å². The van der Waals surface area contributed by atoms with Crippen molar-refractivity contribution >= 4 is 18.4 Å². The normalized spacial score (nSPS) is 16.7. The third-order valence-electron chi connectivity index (χ3n) is 3.31. The number of fused-ring (bicyclic) bond motifs is 1. The van der Waals surface area contributed by atoms with E-state index in [9.17, 15) is 9.46 Å². The number of para-hydroxylation sites is 1. The number of hydrogen-bond acceptors (Lipinski definition) is 1. The molecule has 0 aliphatic heterocycles. The van der Waals surface area contributed by atoms with E-state index in [1.54, 1.807) is 13.8 Å². The Balaban J connectivity index is 2.11. The Morgan fingerprint density at radius 1 is 1.32 bits per heavy atom. The van der Waals surface area contributed by atoms with Gasteiger partial charge in [0, 0.05) is 28.8 Å². The van der Waals surface area contributed by atoms with E-state index in [2.05, 4.69) is 16.1 Å². The van der Waals surface area contributed by atoms with Gasteiger partial charge in [-0.3, -0.25) is 4.57 Å². The lowest BCUT2D eigenvalue weighted by atomic mass is 10.1. The molecule has 1 unspecified atom stereocenters. The predicted octanol–water partition coefficient (Wildman–Crippen LogP) is 3.28. The average Bonchev–Trinajstić information content (AvgIpc) is 2.72. The molecule has 0 saturated carbocycles. The Bertz CT molecular complexity index is 606. The minimum absolute atomic E-state index is 0.0440. The van der Waals surface area contributed by atoms with Crippen LogP contribution >= 0.6 is 7.52 Å². The van der Waals surface area contributed by atoms with Crippen molar-refractivity contribution in [3.63, 3.8) is 0 Å². The summed E-state index contributed by atoms with van der Waals surface area (Å²) >= 11 is 0. The van der Waals surface area contributed by atoms with Crippen LogP contribution in [0, 0.1) is 0 Å². The van der Waals surface area contributed by atoms with Gasteiger partial charge < -0.3 is 9.88 Å². The van der Waals surface area contributed by atoms with Gasteiger partial charge in [-0.25, -0.2) is 5.09 Å². The lowest BCUT2D eigenvalue weighted by molar-refractivity contribution is 0.441. The molecule has 19 heavy (non-hydrogen) atoms. The maximum absolute atomic E-state index is 12.0. The lowest BCUT2D eigenvalue weighted by Gasteiger charge is -2.21. The smallest absolute Gasteiger partial charge is 0.269 e. The SMILES string of the molecule is CC(C)P(=O)(O)N[C@H](C)Cc1c[nH]c2ccccc12. The molecular formula is C14H21N2O2P. The molecule has 104 valence electrons. The summed E-state index contributed by atoms with van der Waals surface area (Å²) in [5.74, 6) is 0. The largest absolute Gasteiger partial charge is 0.361 e. The third kappa shape index (κ3) is 3.27. The van der Waals surface area contributed by atoms with Gasteiger partial charge in [-0.05, 0) is 25.0 Å². The van der Waals surface area contributed by atoms with Gasteiger partial charge in [0.2, 0.25) is 0 Å². The van der Waals surface area contributed by atoms with Crippen LogP contribution in [0.2, 0.25) is 0 Å². The summed E-state index contributed by atoms with van der Waals surface area (Å²) in [5.41, 5.74) is 2.00. The molecule has 1 aromatic heterocycles. The molecule has 0 bridgehead atoms. The Kier molecular flexibility index (Phi) is 4.14. The second-order valence-corrected chi connectivity index (χ2v) is 7.85. The highest BCUT2D eigenvalue weighted by atomic mass is 31.2. The molecule has 0 radical (unpaired) electrons. The minimum atomic E-state index is -3.26. The van der Waals surface area contributed by atoms with Gasteiger partial charge in [-0.15, -0.1) is 0 Å². The Morgan fingerprint density at radius 2 is 2.00 bits per heavy atom. The molecule has 0 fully saturated rings. The Hall–Kier alpha value is -1.09. The van der Waals surface area contributed by atoms with E-state index in [0.29, 0.717) is 0 Å². The van der Waals surface area contributed by atoms with Crippen LogP contribution in [0.5, 0.6) is 0 Å². The van der Waals surface area contributed by atoms with E-state index in [4.69, 9.17) is 0 Å². The molecule has 0 aliphatic carbocycles. The van der Waals surface area contributed by atoms with Crippen LogP contribution in [-0.2, 0) is 11.0 Å². The van der Waals surface area contributed by atoms with Crippen LogP contribution < -0.4 is 5.09 Å². The fourth-order valence-electron chi connectivity index (χ4n) is 2.14. The molecule has 1 heterocycles. The number of aromatic amines is 1. The van der Waals surface area contributed by atoms with Crippen molar-refractivity contribution in [1.82, 2.24) is 10.1 Å². The zero-order valence-corrected chi connectivity index (χ0v) is 12.4. The van der Waals surface area contributed by atoms with Crippen molar-refractivity contribution in [3.05, 3.63) is 36.0 Å². The van der Waals surface area contributed by atoms with E-state index in [1.807, 2.05) is 31.3 Å². The predicted molar refractivity (Wildman–Crippen MR) is 79.6 cm³/mol. The zero-order valence-electron chi connectivity index (χ0n) is 11.6. The zero-order chi connectivity index (χ0) is 14.0. The van der Waals surface area contributed by atoms with Crippen LogP contribution in [0.3, 0.4) is 0 Å². The van der Waals surface area contributed by atoms with Gasteiger partial charge in [0.1, 0.15) is 0 Å². The fourth-order valence-corrected chi connectivity index (χ4v) is 3.16. The Morgan fingerprint density at radius 3 is 2.68 bits per heavy atom. The summed E-state index contributed by atoms with van der Waals surface area (Å²) in [7, 11) is -3.26. The lowest BCUT2D eigenvalue weighted by Crippen LogP contribution is -2.28. The van der Waals surface area contributed by atoms with E-state index in [-0.39, 0.29) is 11.7 Å². The van der Waals surface area contributed by atoms with Gasteiger partial charge >= 0.3 is 0 Å². The maximum atomic E-state index is 12.0. The summed E-state index contributed by atoms with van der Waals surface area (Å²) in [6.07, 6.45) is 2.70. The number of hydrogen-bond donors (Lipinski definition) is 3. The number of nitrogens with one attached hydrogen (secondary N) is 2. The van der Waals surface area contributed by atoms with Gasteiger partial charge in [-0.1, -0.05) is 32.0 Å². The Labute approximate surface area is 113 Å². The van der Waals surface area contributed by atoms with Crippen LogP contribution in [-0.4, -0.2) is 21.6 Å². The topological polar surface area (TPSA) is 65.1 Å². The standard InChI is InChI=1S/C14H21N2O2P/c1-10(2)19(17,18)16-11(3)8-12-9-15-14-7-5-4-6-13(12)14/h4-7,9-11,15H,8H2,1-3H3,(H2,16,17,18)/t11-/m1/s1. The monoisotopic (exact) mass is 280 g/mol. The van der Waals surface area contributed by atoms with E-state index >= 15 is 0 Å². The van der Waals surface area contributed by atoms with Gasteiger partial charge in [0.25, 0.3) is 7.52 Å². The van der Waals surface area contributed by atoms with Gasteiger partial charge in [-0.2, -0.15) is 0 Å². The maximum Gasteiger partial charge on any atom is 0.269 e. The first kappa shape index (κ1) is 14.3. The van der Waals surface area contributed by atoms with Crippen LogP contribution in [0.1, 0.15) is 26.3 Å². The van der Waals surface area contributed by atoms with E-state index in [0.717, 1.165) is 11.9 Å². The first-order valence-electron chi connectivity index (χ1n) is 6.55. The van der Waals surface area contributed by atoms with Gasteiger partial charge in [0.15, 0.2) is 0 Å². The highest BCUT2D eigenvalue weighted by Gasteiger charge is 2.25. The molecule has 0 aliphatic rings. The quantitative estimate of drug-likeness (QED) is 0.736. The number of rotatable bonds is 5. The number of H-pyrrole nitrogens is 1. The summed E-state index contributed by atoms with van der Waals surface area (Å²) in [5, 5.41) is 4.03. The fraction of sp³-hybridized carbons (Fsp3) is 0.429. The van der Waals surface area contributed by atoms with Crippen molar-refractivity contribution in [2.45, 2.75) is 38.9 Å². The minimum Gasteiger partial charge on any atom is -0.361 e. The van der Waals surface area contributed by atoms with Crippen LogP contribution in [0.25, 0.3) is 10.9 Å². The second kappa shape index (κ2) is 5.49. The summed E-state index contributed by atoms with van der Waals surface area (Å²) in [6, 6.07) is 8.04. The highest BCUT2D eigenvalue weighted by molar-refractivity contribution is 7.56. The molecule has 4 nitrogen and oxygen atoms in total. The van der Waals surface area contributed by atoms with Crippen LogP contribution in [0.4, 0.5) is 0 Å². The summed E-state index contributed by atoms with van der Waals surface area (Å²) in [4.78, 5) is 13.1. The molecule has 3 N–H and O–H groups in total. The third-order valence-corrected chi connectivity index (χ3v) is 5.52. The highest BCUT2D eigenvalue weighted by Crippen LogP contribution is 2.41. The molecule has 1 aromatic carbocycles. The van der Waals surface area contributed by atoms with Crippen molar-refractivity contribution in [3.8, 4) is 0 Å². The molecular weight excluding hydrogens is 259 g/mol. The molecule has 0 amide bonds. The summed E-state index contributed by atoms with van der Waals surface area (Å²) < 4.78 is 12.0. The second-order valence-electron chi connectivity index (χ2n) is 5.31. The first-order chi connectivity index (χ1) is 8.90. The van der Waals surface area contributed by atoms with E-state index < -0.39 is 7.52 Å². The van der Waals surface area contributed by atoms with Crippen LogP contribution in [0.15, 0.2) is 30.5 Å². The van der Waals surface area contributed by atoms with E-state index in [1.165, 1.54) is 10.9 Å².